The van der Waals surface area contributed by atoms with Gasteiger partial charge in [-0.3, -0.25) is 0 Å². The lowest BCUT2D eigenvalue weighted by atomic mass is 10.2. The molecule has 0 aliphatic carbocycles. The predicted molar refractivity (Wildman–Crippen MR) is 96.7 cm³/mol. The van der Waals surface area contributed by atoms with Crippen molar-refractivity contribution in [2.24, 2.45) is 0 Å². The first kappa shape index (κ1) is 18.2. The third-order valence-electron chi connectivity index (χ3n) is 3.19. The van der Waals surface area contributed by atoms with Crippen LogP contribution in [-0.2, 0) is 0 Å². The number of carbonyl (C=O) groups excluding carboxylic acids is 1. The number of benzene rings is 2. The summed E-state index contributed by atoms with van der Waals surface area (Å²) in [6, 6.07) is 10.1. The predicted octanol–water partition coefficient (Wildman–Crippen LogP) is 4.51. The molecule has 2 rings (SSSR count). The fourth-order valence-corrected chi connectivity index (χ4v) is 2.50. The van der Waals surface area contributed by atoms with Gasteiger partial charge in [0.05, 0.1) is 18.7 Å². The van der Waals surface area contributed by atoms with Crippen LogP contribution in [0.4, 0.5) is 10.5 Å². The number of rotatable bonds is 6. The first-order valence-corrected chi connectivity index (χ1v) is 8.02. The number of anilines is 1. The molecule has 0 atom stereocenters. The van der Waals surface area contributed by atoms with Gasteiger partial charge in [0.2, 0.25) is 0 Å². The van der Waals surface area contributed by atoms with Crippen molar-refractivity contribution in [3.05, 3.63) is 52.0 Å². The molecule has 7 heteroatoms. The molecule has 128 valence electrons. The molecule has 0 saturated heterocycles. The smallest absolute Gasteiger partial charge is 0.319 e. The molecule has 0 aliphatic heterocycles. The van der Waals surface area contributed by atoms with Crippen molar-refractivity contribution >= 4 is 34.9 Å². The molecule has 0 radical (unpaired) electrons. The van der Waals surface area contributed by atoms with Crippen LogP contribution in [0.1, 0.15) is 5.56 Å². The molecule has 0 aliphatic rings. The number of aryl methyl sites for hydroxylation is 1. The number of ether oxygens (including phenoxy) is 2. The fourth-order valence-electron chi connectivity index (χ4n) is 2.02. The molecular formula is C17H18Cl2N2O3. The Labute approximate surface area is 150 Å². The molecule has 5 nitrogen and oxygen atoms in total. The van der Waals surface area contributed by atoms with E-state index in [1.54, 1.807) is 30.3 Å². The van der Waals surface area contributed by atoms with E-state index in [-0.39, 0.29) is 6.03 Å². The second-order valence-electron chi connectivity index (χ2n) is 4.99. The molecule has 0 spiro atoms. The van der Waals surface area contributed by atoms with Crippen molar-refractivity contribution in [1.29, 1.82) is 0 Å². The highest BCUT2D eigenvalue weighted by Gasteiger charge is 2.06. The van der Waals surface area contributed by atoms with Crippen molar-refractivity contribution in [2.45, 2.75) is 6.92 Å². The van der Waals surface area contributed by atoms with Crippen molar-refractivity contribution < 1.29 is 14.3 Å². The Morgan fingerprint density at radius 2 is 1.88 bits per heavy atom. The molecule has 24 heavy (non-hydrogen) atoms. The molecule has 0 unspecified atom stereocenters. The van der Waals surface area contributed by atoms with E-state index in [0.29, 0.717) is 34.6 Å². The largest absolute Gasteiger partial charge is 0.495 e. The Morgan fingerprint density at radius 1 is 1.12 bits per heavy atom. The third kappa shape index (κ3) is 5.22. The number of hydrogen-bond acceptors (Lipinski definition) is 3. The maximum Gasteiger partial charge on any atom is 0.319 e. The minimum absolute atomic E-state index is 0.340. The quantitative estimate of drug-likeness (QED) is 0.737. The molecule has 0 heterocycles. The van der Waals surface area contributed by atoms with Gasteiger partial charge in [0, 0.05) is 10.7 Å². The standard InChI is InChI=1S/C17H18Cl2N2O3/c1-11-9-12(18)3-5-15(11)24-8-7-20-17(22)21-13-4-6-16(23-2)14(19)10-13/h3-6,9-10H,7-8H2,1-2H3,(H2,20,21,22). The van der Waals surface area contributed by atoms with Crippen LogP contribution in [0.3, 0.4) is 0 Å². The highest BCUT2D eigenvalue weighted by Crippen LogP contribution is 2.27. The first-order valence-electron chi connectivity index (χ1n) is 7.27. The summed E-state index contributed by atoms with van der Waals surface area (Å²) >= 11 is 11.9. The summed E-state index contributed by atoms with van der Waals surface area (Å²) < 4.78 is 10.7. The van der Waals surface area contributed by atoms with Crippen LogP contribution in [0.5, 0.6) is 11.5 Å². The maximum atomic E-state index is 11.8. The monoisotopic (exact) mass is 368 g/mol. The van der Waals surface area contributed by atoms with Gasteiger partial charge in [-0.25, -0.2) is 4.79 Å². The summed E-state index contributed by atoms with van der Waals surface area (Å²) in [6.07, 6.45) is 0. The molecule has 2 aromatic carbocycles. The molecule has 0 aromatic heterocycles. The minimum Gasteiger partial charge on any atom is -0.495 e. The van der Waals surface area contributed by atoms with E-state index in [1.165, 1.54) is 7.11 Å². The summed E-state index contributed by atoms with van der Waals surface area (Å²) in [5.41, 5.74) is 1.52. The zero-order valence-electron chi connectivity index (χ0n) is 13.4. The number of hydrogen-bond donors (Lipinski definition) is 2. The van der Waals surface area contributed by atoms with Gasteiger partial charge in [0.15, 0.2) is 0 Å². The maximum absolute atomic E-state index is 11.8. The van der Waals surface area contributed by atoms with Gasteiger partial charge in [-0.2, -0.15) is 0 Å². The van der Waals surface area contributed by atoms with Crippen molar-refractivity contribution in [3.63, 3.8) is 0 Å². The SMILES string of the molecule is COc1ccc(NC(=O)NCCOc2ccc(Cl)cc2C)cc1Cl. The van der Waals surface area contributed by atoms with Crippen molar-refractivity contribution in [3.8, 4) is 11.5 Å². The number of urea groups is 1. The second-order valence-corrected chi connectivity index (χ2v) is 5.83. The van der Waals surface area contributed by atoms with Crippen LogP contribution < -0.4 is 20.1 Å². The van der Waals surface area contributed by atoms with Crippen LogP contribution in [0.2, 0.25) is 10.0 Å². The zero-order valence-corrected chi connectivity index (χ0v) is 14.9. The summed E-state index contributed by atoms with van der Waals surface area (Å²) in [5, 5.41) is 6.48. The van der Waals surface area contributed by atoms with E-state index >= 15 is 0 Å². The lowest BCUT2D eigenvalue weighted by Crippen LogP contribution is -2.32. The summed E-state index contributed by atoms with van der Waals surface area (Å²) in [5.74, 6) is 1.29. The molecule has 0 bridgehead atoms. The van der Waals surface area contributed by atoms with Gasteiger partial charge in [-0.05, 0) is 48.9 Å². The molecule has 0 fully saturated rings. The van der Waals surface area contributed by atoms with Gasteiger partial charge in [-0.15, -0.1) is 0 Å². The van der Waals surface area contributed by atoms with E-state index in [2.05, 4.69) is 10.6 Å². The number of methoxy groups -OCH3 is 1. The summed E-state index contributed by atoms with van der Waals surface area (Å²) in [6.45, 7) is 2.62. The normalized spacial score (nSPS) is 10.2. The highest BCUT2D eigenvalue weighted by molar-refractivity contribution is 6.32. The lowest BCUT2D eigenvalue weighted by molar-refractivity contribution is 0.247. The fraction of sp³-hybridized carbons (Fsp3) is 0.235. The van der Waals surface area contributed by atoms with E-state index in [9.17, 15) is 4.79 Å². The molecular weight excluding hydrogens is 351 g/mol. The molecule has 2 N–H and O–H groups in total. The number of carbonyl (C=O) groups is 1. The Bertz CT molecular complexity index is 723. The number of nitrogens with one attached hydrogen (secondary N) is 2. The van der Waals surface area contributed by atoms with Crippen LogP contribution in [0.25, 0.3) is 0 Å². The minimum atomic E-state index is -0.340. The van der Waals surface area contributed by atoms with Crippen LogP contribution >= 0.6 is 23.2 Å². The van der Waals surface area contributed by atoms with Gasteiger partial charge in [0.1, 0.15) is 18.1 Å². The summed E-state index contributed by atoms with van der Waals surface area (Å²) in [4.78, 5) is 11.8. The summed E-state index contributed by atoms with van der Waals surface area (Å²) in [7, 11) is 1.53. The zero-order chi connectivity index (χ0) is 17.5. The highest BCUT2D eigenvalue weighted by atomic mass is 35.5. The van der Waals surface area contributed by atoms with E-state index in [1.807, 2.05) is 13.0 Å². The van der Waals surface area contributed by atoms with Crippen LogP contribution in [-0.4, -0.2) is 26.3 Å². The van der Waals surface area contributed by atoms with Gasteiger partial charge in [-0.1, -0.05) is 23.2 Å². The second kappa shape index (κ2) is 8.66. The lowest BCUT2D eigenvalue weighted by Gasteiger charge is -2.11. The van der Waals surface area contributed by atoms with Crippen LogP contribution in [0, 0.1) is 6.92 Å². The van der Waals surface area contributed by atoms with Gasteiger partial charge < -0.3 is 20.1 Å². The average molecular weight is 369 g/mol. The van der Waals surface area contributed by atoms with E-state index in [4.69, 9.17) is 32.7 Å². The molecule has 0 saturated carbocycles. The van der Waals surface area contributed by atoms with E-state index in [0.717, 1.165) is 11.3 Å². The van der Waals surface area contributed by atoms with E-state index < -0.39 is 0 Å². The molecule has 2 aromatic rings. The number of amides is 2. The number of halogens is 2. The average Bonchev–Trinajstić information content (AvgIpc) is 2.53. The Kier molecular flexibility index (Phi) is 6.58. The van der Waals surface area contributed by atoms with Gasteiger partial charge in [0.25, 0.3) is 0 Å². The third-order valence-corrected chi connectivity index (χ3v) is 3.72. The van der Waals surface area contributed by atoms with Gasteiger partial charge >= 0.3 is 6.03 Å². The first-order chi connectivity index (χ1) is 11.5. The topological polar surface area (TPSA) is 59.6 Å². The van der Waals surface area contributed by atoms with Crippen LogP contribution in [0.15, 0.2) is 36.4 Å². The molecule has 2 amide bonds. The Hall–Kier alpha value is -2.11. The van der Waals surface area contributed by atoms with Crippen molar-refractivity contribution in [2.75, 3.05) is 25.6 Å². The Morgan fingerprint density at radius 3 is 2.54 bits per heavy atom. The Balaban J connectivity index is 1.76. The van der Waals surface area contributed by atoms with Crippen molar-refractivity contribution in [1.82, 2.24) is 5.32 Å².